The lowest BCUT2D eigenvalue weighted by molar-refractivity contribution is 0.169. The van der Waals surface area contributed by atoms with Crippen LogP contribution in [0, 0.1) is 13.8 Å². The van der Waals surface area contributed by atoms with Gasteiger partial charge in [0.2, 0.25) is 0 Å². The van der Waals surface area contributed by atoms with Crippen LogP contribution < -0.4 is 9.47 Å². The van der Waals surface area contributed by atoms with Crippen molar-refractivity contribution in [3.8, 4) is 11.5 Å². The second kappa shape index (κ2) is 4.83. The highest BCUT2D eigenvalue weighted by atomic mass is 16.6. The number of aromatic nitrogens is 2. The zero-order valence-corrected chi connectivity index (χ0v) is 11.9. The summed E-state index contributed by atoms with van der Waals surface area (Å²) in [7, 11) is 1.88. The van der Waals surface area contributed by atoms with E-state index in [2.05, 4.69) is 5.10 Å². The van der Waals surface area contributed by atoms with Crippen molar-refractivity contribution in [1.29, 1.82) is 0 Å². The Morgan fingerprint density at radius 1 is 1.20 bits per heavy atom. The molecule has 5 nitrogen and oxygen atoms in total. The minimum absolute atomic E-state index is 0.539. The van der Waals surface area contributed by atoms with Crippen LogP contribution in [0.3, 0.4) is 0 Å². The molecule has 0 radical (unpaired) electrons. The first-order chi connectivity index (χ1) is 9.58. The lowest BCUT2D eigenvalue weighted by Gasteiger charge is -2.20. The smallest absolute Gasteiger partial charge is 0.161 e. The molecule has 3 rings (SSSR count). The van der Waals surface area contributed by atoms with Crippen LogP contribution in [0.5, 0.6) is 11.5 Å². The van der Waals surface area contributed by atoms with Crippen LogP contribution >= 0.6 is 0 Å². The van der Waals surface area contributed by atoms with Crippen molar-refractivity contribution < 1.29 is 14.6 Å². The highest BCUT2D eigenvalue weighted by molar-refractivity contribution is 5.46. The Bertz CT molecular complexity index is 649. The van der Waals surface area contributed by atoms with Crippen LogP contribution in [0.4, 0.5) is 0 Å². The lowest BCUT2D eigenvalue weighted by atomic mass is 9.99. The number of aryl methyl sites for hydroxylation is 2. The minimum atomic E-state index is -0.709. The molecule has 0 aliphatic carbocycles. The Morgan fingerprint density at radius 3 is 2.55 bits per heavy atom. The van der Waals surface area contributed by atoms with E-state index in [0.29, 0.717) is 19.0 Å². The highest BCUT2D eigenvalue weighted by Crippen LogP contribution is 2.35. The Morgan fingerprint density at radius 2 is 1.90 bits per heavy atom. The third-order valence-electron chi connectivity index (χ3n) is 3.72. The molecule has 1 aromatic carbocycles. The van der Waals surface area contributed by atoms with Gasteiger partial charge in [0, 0.05) is 18.3 Å². The van der Waals surface area contributed by atoms with Gasteiger partial charge < -0.3 is 14.6 Å². The quantitative estimate of drug-likeness (QED) is 0.908. The predicted octanol–water partition coefficient (Wildman–Crippen LogP) is 1.89. The molecule has 1 aliphatic rings. The SMILES string of the molecule is Cc1nn(C)c(C)c1C(O)c1ccc2c(c1)OCCO2. The van der Waals surface area contributed by atoms with Gasteiger partial charge in [0.05, 0.1) is 5.69 Å². The van der Waals surface area contributed by atoms with Crippen LogP contribution in [-0.2, 0) is 7.05 Å². The molecule has 1 aromatic heterocycles. The van der Waals surface area contributed by atoms with Crippen molar-refractivity contribution in [2.45, 2.75) is 20.0 Å². The number of hydrogen-bond acceptors (Lipinski definition) is 4. The number of benzene rings is 1. The number of rotatable bonds is 2. The maximum Gasteiger partial charge on any atom is 0.161 e. The molecule has 5 heteroatoms. The summed E-state index contributed by atoms with van der Waals surface area (Å²) in [5, 5.41) is 15.0. The maximum atomic E-state index is 10.6. The summed E-state index contributed by atoms with van der Waals surface area (Å²) in [6.07, 6.45) is -0.709. The summed E-state index contributed by atoms with van der Waals surface area (Å²) in [6.45, 7) is 4.97. The Balaban J connectivity index is 2.00. The first-order valence-corrected chi connectivity index (χ1v) is 6.65. The van der Waals surface area contributed by atoms with E-state index in [0.717, 1.165) is 28.3 Å². The molecule has 106 valence electrons. The predicted molar refractivity (Wildman–Crippen MR) is 74.2 cm³/mol. The molecule has 1 unspecified atom stereocenters. The molecule has 20 heavy (non-hydrogen) atoms. The van der Waals surface area contributed by atoms with Crippen LogP contribution in [0.25, 0.3) is 0 Å². The lowest BCUT2D eigenvalue weighted by Crippen LogP contribution is -2.15. The monoisotopic (exact) mass is 274 g/mol. The van der Waals surface area contributed by atoms with Crippen LogP contribution in [-0.4, -0.2) is 28.1 Å². The number of aliphatic hydroxyl groups is 1. The van der Waals surface area contributed by atoms with Crippen molar-refractivity contribution in [3.05, 3.63) is 40.7 Å². The fourth-order valence-corrected chi connectivity index (χ4v) is 2.58. The van der Waals surface area contributed by atoms with E-state index >= 15 is 0 Å². The molecule has 1 N–H and O–H groups in total. The number of fused-ring (bicyclic) bond motifs is 1. The average molecular weight is 274 g/mol. The minimum Gasteiger partial charge on any atom is -0.486 e. The standard InChI is InChI=1S/C15H18N2O3/c1-9-14(10(2)17(3)16-9)15(18)11-4-5-12-13(8-11)20-7-6-19-12/h4-5,8,15,18H,6-7H2,1-3H3. The molecule has 0 saturated carbocycles. The highest BCUT2D eigenvalue weighted by Gasteiger charge is 2.21. The summed E-state index contributed by atoms with van der Waals surface area (Å²) in [5.41, 5.74) is 3.44. The molecule has 0 bridgehead atoms. The number of hydrogen-bond donors (Lipinski definition) is 1. The van der Waals surface area contributed by atoms with Gasteiger partial charge in [0.1, 0.15) is 19.3 Å². The summed E-state index contributed by atoms with van der Waals surface area (Å²) >= 11 is 0. The molecular weight excluding hydrogens is 256 g/mol. The van der Waals surface area contributed by atoms with Gasteiger partial charge in [0.15, 0.2) is 11.5 Å². The zero-order valence-electron chi connectivity index (χ0n) is 11.9. The fraction of sp³-hybridized carbons (Fsp3) is 0.400. The van der Waals surface area contributed by atoms with Gasteiger partial charge in [-0.3, -0.25) is 4.68 Å². The van der Waals surface area contributed by atoms with Gasteiger partial charge in [-0.1, -0.05) is 6.07 Å². The third-order valence-corrected chi connectivity index (χ3v) is 3.72. The van der Waals surface area contributed by atoms with E-state index in [4.69, 9.17) is 9.47 Å². The zero-order chi connectivity index (χ0) is 14.3. The third kappa shape index (κ3) is 2.04. The second-order valence-corrected chi connectivity index (χ2v) is 5.01. The molecule has 0 spiro atoms. The van der Waals surface area contributed by atoms with Crippen molar-refractivity contribution in [2.75, 3.05) is 13.2 Å². The number of ether oxygens (including phenoxy) is 2. The van der Waals surface area contributed by atoms with E-state index in [1.54, 1.807) is 4.68 Å². The van der Waals surface area contributed by atoms with Crippen molar-refractivity contribution in [3.63, 3.8) is 0 Å². The molecule has 0 amide bonds. The van der Waals surface area contributed by atoms with E-state index in [1.807, 2.05) is 39.1 Å². The van der Waals surface area contributed by atoms with Gasteiger partial charge in [-0.15, -0.1) is 0 Å². The second-order valence-electron chi connectivity index (χ2n) is 5.01. The molecule has 1 atom stereocenters. The number of nitrogens with zero attached hydrogens (tertiary/aromatic N) is 2. The van der Waals surface area contributed by atoms with Crippen molar-refractivity contribution >= 4 is 0 Å². The van der Waals surface area contributed by atoms with Gasteiger partial charge in [0.25, 0.3) is 0 Å². The Hall–Kier alpha value is -2.01. The summed E-state index contributed by atoms with van der Waals surface area (Å²) in [5.74, 6) is 1.42. The first kappa shape index (κ1) is 13.0. The molecule has 0 fully saturated rings. The Kier molecular flexibility index (Phi) is 3.14. The van der Waals surface area contributed by atoms with E-state index in [9.17, 15) is 5.11 Å². The molecule has 2 heterocycles. The molecule has 2 aromatic rings. The maximum absolute atomic E-state index is 10.6. The van der Waals surface area contributed by atoms with Gasteiger partial charge in [-0.05, 0) is 31.5 Å². The van der Waals surface area contributed by atoms with E-state index in [-0.39, 0.29) is 0 Å². The summed E-state index contributed by atoms with van der Waals surface area (Å²) in [6, 6.07) is 5.54. The van der Waals surface area contributed by atoms with Crippen molar-refractivity contribution in [1.82, 2.24) is 9.78 Å². The van der Waals surface area contributed by atoms with Crippen LogP contribution in [0.2, 0.25) is 0 Å². The van der Waals surface area contributed by atoms with Crippen LogP contribution in [0.15, 0.2) is 18.2 Å². The molecule has 1 aliphatic heterocycles. The molecule has 0 saturated heterocycles. The number of aliphatic hydroxyl groups excluding tert-OH is 1. The van der Waals surface area contributed by atoms with Gasteiger partial charge >= 0.3 is 0 Å². The van der Waals surface area contributed by atoms with Crippen LogP contribution in [0.1, 0.15) is 28.6 Å². The van der Waals surface area contributed by atoms with E-state index in [1.165, 1.54) is 0 Å². The first-order valence-electron chi connectivity index (χ1n) is 6.65. The topological polar surface area (TPSA) is 56.5 Å². The average Bonchev–Trinajstić information content (AvgIpc) is 2.71. The largest absolute Gasteiger partial charge is 0.486 e. The van der Waals surface area contributed by atoms with Gasteiger partial charge in [-0.25, -0.2) is 0 Å². The van der Waals surface area contributed by atoms with E-state index < -0.39 is 6.10 Å². The van der Waals surface area contributed by atoms with Gasteiger partial charge in [-0.2, -0.15) is 5.10 Å². The fourth-order valence-electron chi connectivity index (χ4n) is 2.58. The summed E-state index contributed by atoms with van der Waals surface area (Å²) in [4.78, 5) is 0. The Labute approximate surface area is 117 Å². The van der Waals surface area contributed by atoms with Crippen molar-refractivity contribution in [2.24, 2.45) is 7.05 Å². The normalized spacial score (nSPS) is 15.2. The summed E-state index contributed by atoms with van der Waals surface area (Å²) < 4.78 is 12.8. The molecular formula is C15H18N2O3.